The molecule has 1 fully saturated rings. The molecule has 1 aromatic heterocycles. The van der Waals surface area contributed by atoms with Gasteiger partial charge in [-0.3, -0.25) is 0 Å². The van der Waals surface area contributed by atoms with Gasteiger partial charge in [0.05, 0.1) is 4.90 Å². The molecule has 0 unspecified atom stereocenters. The van der Waals surface area contributed by atoms with Crippen molar-refractivity contribution in [2.24, 2.45) is 0 Å². The Morgan fingerprint density at radius 3 is 2.40 bits per heavy atom. The molecule has 0 saturated carbocycles. The number of hydrogen-bond acceptors (Lipinski definition) is 6. The van der Waals surface area contributed by atoms with Crippen molar-refractivity contribution >= 4 is 21.8 Å². The smallest absolute Gasteiger partial charge is 0.243 e. The van der Waals surface area contributed by atoms with Crippen molar-refractivity contribution in [1.29, 1.82) is 0 Å². The van der Waals surface area contributed by atoms with E-state index in [2.05, 4.69) is 15.3 Å². The van der Waals surface area contributed by atoms with Gasteiger partial charge in [-0.2, -0.15) is 9.29 Å². The molecule has 0 atom stereocenters. The maximum absolute atomic E-state index is 12.7. The molecule has 3 rings (SSSR count). The first kappa shape index (κ1) is 17.6. The lowest BCUT2D eigenvalue weighted by Gasteiger charge is -2.34. The standard InChI is InChI=1S/C17H23N5O2S/c1-3-18-16-13-14(2)19-17(20-16)21-9-11-22(12-10-21)25(23,24)15-7-5-4-6-8-15/h4-8,13H,3,9-12H2,1-2H3,(H,18,19,20). The Morgan fingerprint density at radius 2 is 1.76 bits per heavy atom. The lowest BCUT2D eigenvalue weighted by atomic mass is 10.3. The van der Waals surface area contributed by atoms with Gasteiger partial charge in [0.25, 0.3) is 0 Å². The molecule has 0 spiro atoms. The lowest BCUT2D eigenvalue weighted by molar-refractivity contribution is 0.382. The van der Waals surface area contributed by atoms with Crippen LogP contribution in [0.3, 0.4) is 0 Å². The molecule has 0 radical (unpaired) electrons. The molecule has 25 heavy (non-hydrogen) atoms. The molecule has 1 N–H and O–H groups in total. The SMILES string of the molecule is CCNc1cc(C)nc(N2CCN(S(=O)(=O)c3ccccc3)CC2)n1. The van der Waals surface area contributed by atoms with Gasteiger partial charge in [-0.15, -0.1) is 0 Å². The van der Waals surface area contributed by atoms with Crippen LogP contribution in [0.5, 0.6) is 0 Å². The largest absolute Gasteiger partial charge is 0.370 e. The molecule has 1 aliphatic heterocycles. The number of sulfonamides is 1. The van der Waals surface area contributed by atoms with Crippen molar-refractivity contribution in [1.82, 2.24) is 14.3 Å². The molecule has 0 bridgehead atoms. The van der Waals surface area contributed by atoms with Gasteiger partial charge in [0.15, 0.2) is 0 Å². The van der Waals surface area contributed by atoms with E-state index < -0.39 is 10.0 Å². The van der Waals surface area contributed by atoms with Crippen LogP contribution in [-0.2, 0) is 10.0 Å². The van der Waals surface area contributed by atoms with Crippen molar-refractivity contribution < 1.29 is 8.42 Å². The normalized spacial score (nSPS) is 16.0. The van der Waals surface area contributed by atoms with Crippen LogP contribution in [0.4, 0.5) is 11.8 Å². The van der Waals surface area contributed by atoms with Gasteiger partial charge >= 0.3 is 0 Å². The highest BCUT2D eigenvalue weighted by molar-refractivity contribution is 7.89. The molecule has 0 amide bonds. The van der Waals surface area contributed by atoms with E-state index in [1.165, 1.54) is 4.31 Å². The number of hydrogen-bond donors (Lipinski definition) is 1. The van der Waals surface area contributed by atoms with E-state index in [4.69, 9.17) is 0 Å². The van der Waals surface area contributed by atoms with Crippen molar-refractivity contribution in [3.63, 3.8) is 0 Å². The first-order valence-corrected chi connectivity index (χ1v) is 9.84. The van der Waals surface area contributed by atoms with Crippen LogP contribution in [0, 0.1) is 6.92 Å². The third-order valence-corrected chi connectivity index (χ3v) is 6.02. The summed E-state index contributed by atoms with van der Waals surface area (Å²) < 4.78 is 26.9. The molecule has 2 heterocycles. The van der Waals surface area contributed by atoms with Crippen molar-refractivity contribution in [2.45, 2.75) is 18.7 Å². The second-order valence-electron chi connectivity index (χ2n) is 5.93. The van der Waals surface area contributed by atoms with Gasteiger partial charge in [-0.05, 0) is 26.0 Å². The number of piperazine rings is 1. The van der Waals surface area contributed by atoms with Crippen molar-refractivity contribution in [2.75, 3.05) is 42.9 Å². The van der Waals surface area contributed by atoms with E-state index in [1.807, 2.05) is 30.9 Å². The molecular weight excluding hydrogens is 338 g/mol. The summed E-state index contributed by atoms with van der Waals surface area (Å²) >= 11 is 0. The summed E-state index contributed by atoms with van der Waals surface area (Å²) in [6, 6.07) is 10.5. The van der Waals surface area contributed by atoms with Gasteiger partial charge in [0, 0.05) is 44.5 Å². The van der Waals surface area contributed by atoms with Crippen LogP contribution in [0.2, 0.25) is 0 Å². The minimum Gasteiger partial charge on any atom is -0.370 e. The zero-order chi connectivity index (χ0) is 17.9. The Kier molecular flexibility index (Phi) is 5.19. The highest BCUT2D eigenvalue weighted by atomic mass is 32.2. The predicted molar refractivity (Wildman–Crippen MR) is 98.3 cm³/mol. The Labute approximate surface area is 148 Å². The summed E-state index contributed by atoms with van der Waals surface area (Å²) in [5.41, 5.74) is 0.889. The first-order valence-electron chi connectivity index (χ1n) is 8.40. The summed E-state index contributed by atoms with van der Waals surface area (Å²) in [7, 11) is -3.44. The van der Waals surface area contributed by atoms with Crippen LogP contribution in [0.15, 0.2) is 41.3 Å². The number of aromatic nitrogens is 2. The van der Waals surface area contributed by atoms with Crippen LogP contribution in [-0.4, -0.2) is 55.4 Å². The number of nitrogens with one attached hydrogen (secondary N) is 1. The Hall–Kier alpha value is -2.19. The van der Waals surface area contributed by atoms with E-state index in [9.17, 15) is 8.42 Å². The fraction of sp³-hybridized carbons (Fsp3) is 0.412. The van der Waals surface area contributed by atoms with Crippen molar-refractivity contribution in [3.8, 4) is 0 Å². The maximum atomic E-state index is 12.7. The number of rotatable bonds is 5. The Bertz CT molecular complexity index is 818. The zero-order valence-electron chi connectivity index (χ0n) is 14.5. The van der Waals surface area contributed by atoms with Crippen LogP contribution in [0.1, 0.15) is 12.6 Å². The third-order valence-electron chi connectivity index (χ3n) is 4.10. The van der Waals surface area contributed by atoms with Crippen molar-refractivity contribution in [3.05, 3.63) is 42.1 Å². The first-order chi connectivity index (χ1) is 12.0. The fourth-order valence-electron chi connectivity index (χ4n) is 2.84. The molecule has 1 saturated heterocycles. The van der Waals surface area contributed by atoms with Gasteiger partial charge < -0.3 is 10.2 Å². The third kappa shape index (κ3) is 3.91. The fourth-order valence-corrected chi connectivity index (χ4v) is 4.28. The topological polar surface area (TPSA) is 78.4 Å². The Morgan fingerprint density at radius 1 is 1.08 bits per heavy atom. The van der Waals surface area contributed by atoms with Crippen LogP contribution >= 0.6 is 0 Å². The molecule has 2 aromatic rings. The second kappa shape index (κ2) is 7.37. The summed E-state index contributed by atoms with van der Waals surface area (Å²) in [4.78, 5) is 11.4. The molecule has 7 nitrogen and oxygen atoms in total. The molecule has 1 aromatic carbocycles. The summed E-state index contributed by atoms with van der Waals surface area (Å²) in [6.07, 6.45) is 0. The number of anilines is 2. The minimum atomic E-state index is -3.44. The van der Waals surface area contributed by atoms with E-state index in [0.29, 0.717) is 37.0 Å². The highest BCUT2D eigenvalue weighted by Gasteiger charge is 2.29. The molecule has 134 valence electrons. The van der Waals surface area contributed by atoms with E-state index >= 15 is 0 Å². The van der Waals surface area contributed by atoms with Crippen LogP contribution in [0.25, 0.3) is 0 Å². The van der Waals surface area contributed by atoms with Gasteiger partial charge in [0.1, 0.15) is 5.82 Å². The monoisotopic (exact) mass is 361 g/mol. The molecular formula is C17H23N5O2S. The Balaban J connectivity index is 1.72. The van der Waals surface area contributed by atoms with Gasteiger partial charge in [-0.1, -0.05) is 18.2 Å². The van der Waals surface area contributed by atoms with Crippen LogP contribution < -0.4 is 10.2 Å². The van der Waals surface area contributed by atoms with E-state index in [0.717, 1.165) is 18.1 Å². The quantitative estimate of drug-likeness (QED) is 0.874. The molecule has 0 aliphatic carbocycles. The van der Waals surface area contributed by atoms with Gasteiger partial charge in [0.2, 0.25) is 16.0 Å². The number of nitrogens with zero attached hydrogens (tertiary/aromatic N) is 4. The minimum absolute atomic E-state index is 0.338. The lowest BCUT2D eigenvalue weighted by Crippen LogP contribution is -2.49. The molecule has 1 aliphatic rings. The zero-order valence-corrected chi connectivity index (χ0v) is 15.3. The average Bonchev–Trinajstić information content (AvgIpc) is 2.62. The molecule has 8 heteroatoms. The summed E-state index contributed by atoms with van der Waals surface area (Å²) in [5.74, 6) is 1.44. The summed E-state index contributed by atoms with van der Waals surface area (Å²) in [5, 5.41) is 3.20. The van der Waals surface area contributed by atoms with E-state index in [-0.39, 0.29) is 0 Å². The maximum Gasteiger partial charge on any atom is 0.243 e. The van der Waals surface area contributed by atoms with E-state index in [1.54, 1.807) is 24.3 Å². The predicted octanol–water partition coefficient (Wildman–Crippen LogP) is 1.73. The second-order valence-corrected chi connectivity index (χ2v) is 7.87. The van der Waals surface area contributed by atoms with Gasteiger partial charge in [-0.25, -0.2) is 13.4 Å². The highest BCUT2D eigenvalue weighted by Crippen LogP contribution is 2.20. The summed E-state index contributed by atoms with van der Waals surface area (Å²) in [6.45, 7) is 6.73. The number of benzene rings is 1. The average molecular weight is 361 g/mol. The number of aryl methyl sites for hydroxylation is 1.